The number of halogens is 1. The monoisotopic (exact) mass is 280 g/mol. The van der Waals surface area contributed by atoms with Gasteiger partial charge in [-0.2, -0.15) is 0 Å². The number of carbonyl (C=O) groups is 1. The third kappa shape index (κ3) is 2.71. The summed E-state index contributed by atoms with van der Waals surface area (Å²) in [6, 6.07) is 4.45. The lowest BCUT2D eigenvalue weighted by Crippen LogP contribution is -2.35. The van der Waals surface area contributed by atoms with E-state index in [4.69, 9.17) is 5.73 Å². The minimum atomic E-state index is -0.348. The molecule has 0 radical (unpaired) electrons. The summed E-state index contributed by atoms with van der Waals surface area (Å²) in [7, 11) is 0. The highest BCUT2D eigenvalue weighted by atomic mass is 32.1. The standard InChI is InChI=1S/C14H17FN2OS/c1-7(2)8(3)17-14(18)13-12(16)10-6-9(15)4-5-11(10)19-13/h4-8H,16H2,1-3H3,(H,17,18). The van der Waals surface area contributed by atoms with Crippen LogP contribution in [0.15, 0.2) is 18.2 Å². The summed E-state index contributed by atoms with van der Waals surface area (Å²) in [5.41, 5.74) is 6.30. The fraction of sp³-hybridized carbons (Fsp3) is 0.357. The number of fused-ring (bicyclic) bond motifs is 1. The molecule has 5 heteroatoms. The van der Waals surface area contributed by atoms with E-state index in [1.165, 1.54) is 23.5 Å². The van der Waals surface area contributed by atoms with Gasteiger partial charge in [-0.15, -0.1) is 11.3 Å². The first kappa shape index (κ1) is 13.8. The van der Waals surface area contributed by atoms with Gasteiger partial charge in [-0.05, 0) is 31.0 Å². The molecular weight excluding hydrogens is 263 g/mol. The van der Waals surface area contributed by atoms with E-state index >= 15 is 0 Å². The molecule has 1 aromatic carbocycles. The van der Waals surface area contributed by atoms with Gasteiger partial charge in [0, 0.05) is 16.1 Å². The van der Waals surface area contributed by atoms with E-state index in [0.717, 1.165) is 4.70 Å². The normalized spacial score (nSPS) is 12.9. The topological polar surface area (TPSA) is 55.1 Å². The minimum absolute atomic E-state index is 0.0637. The number of benzene rings is 1. The molecule has 0 fully saturated rings. The van der Waals surface area contributed by atoms with Crippen LogP contribution in [0.2, 0.25) is 0 Å². The molecule has 19 heavy (non-hydrogen) atoms. The van der Waals surface area contributed by atoms with Crippen LogP contribution >= 0.6 is 11.3 Å². The number of hydrogen-bond donors (Lipinski definition) is 2. The zero-order chi connectivity index (χ0) is 14.2. The van der Waals surface area contributed by atoms with Crippen LogP contribution in [0.25, 0.3) is 10.1 Å². The van der Waals surface area contributed by atoms with Crippen molar-refractivity contribution in [2.24, 2.45) is 5.92 Å². The number of hydrogen-bond acceptors (Lipinski definition) is 3. The molecule has 102 valence electrons. The van der Waals surface area contributed by atoms with Crippen molar-refractivity contribution in [3.63, 3.8) is 0 Å². The van der Waals surface area contributed by atoms with Crippen LogP contribution in [0.5, 0.6) is 0 Å². The van der Waals surface area contributed by atoms with Gasteiger partial charge in [-0.1, -0.05) is 13.8 Å². The first-order chi connectivity index (χ1) is 8.90. The Morgan fingerprint density at radius 2 is 2.05 bits per heavy atom. The molecule has 0 aliphatic carbocycles. The van der Waals surface area contributed by atoms with Gasteiger partial charge in [0.25, 0.3) is 5.91 Å². The van der Waals surface area contributed by atoms with E-state index in [1.54, 1.807) is 6.07 Å². The van der Waals surface area contributed by atoms with E-state index in [1.807, 2.05) is 20.8 Å². The van der Waals surface area contributed by atoms with Gasteiger partial charge >= 0.3 is 0 Å². The molecule has 0 aliphatic heterocycles. The average Bonchev–Trinajstić information content (AvgIpc) is 2.66. The number of anilines is 1. The van der Waals surface area contributed by atoms with Crippen molar-refractivity contribution in [2.45, 2.75) is 26.8 Å². The zero-order valence-corrected chi connectivity index (χ0v) is 12.0. The van der Waals surface area contributed by atoms with Gasteiger partial charge in [-0.3, -0.25) is 4.79 Å². The zero-order valence-electron chi connectivity index (χ0n) is 11.2. The highest BCUT2D eigenvalue weighted by Crippen LogP contribution is 2.34. The fourth-order valence-electron chi connectivity index (χ4n) is 1.70. The van der Waals surface area contributed by atoms with Gasteiger partial charge in [0.1, 0.15) is 10.7 Å². The Labute approximate surface area is 115 Å². The quantitative estimate of drug-likeness (QED) is 0.905. The Balaban J connectivity index is 2.35. The van der Waals surface area contributed by atoms with E-state index in [0.29, 0.717) is 21.9 Å². The minimum Gasteiger partial charge on any atom is -0.397 e. The van der Waals surface area contributed by atoms with Crippen LogP contribution in [0, 0.1) is 11.7 Å². The van der Waals surface area contributed by atoms with E-state index in [-0.39, 0.29) is 17.8 Å². The molecule has 0 saturated carbocycles. The van der Waals surface area contributed by atoms with Gasteiger partial charge in [0.2, 0.25) is 0 Å². The summed E-state index contributed by atoms with van der Waals surface area (Å²) in [5, 5.41) is 3.51. The third-order valence-corrected chi connectivity index (χ3v) is 4.44. The Hall–Kier alpha value is -1.62. The summed E-state index contributed by atoms with van der Waals surface area (Å²) in [5.74, 6) is -0.197. The Kier molecular flexibility index (Phi) is 3.75. The second-order valence-electron chi connectivity index (χ2n) is 4.99. The maximum absolute atomic E-state index is 13.2. The van der Waals surface area contributed by atoms with E-state index < -0.39 is 0 Å². The highest BCUT2D eigenvalue weighted by molar-refractivity contribution is 7.21. The number of nitrogens with one attached hydrogen (secondary N) is 1. The van der Waals surface area contributed by atoms with Crippen molar-refractivity contribution in [1.82, 2.24) is 5.32 Å². The van der Waals surface area contributed by atoms with Crippen molar-refractivity contribution in [1.29, 1.82) is 0 Å². The lowest BCUT2D eigenvalue weighted by atomic mass is 10.1. The summed E-state index contributed by atoms with van der Waals surface area (Å²) in [6.45, 7) is 6.02. The number of nitrogen functional groups attached to an aromatic ring is 1. The van der Waals surface area contributed by atoms with E-state index in [9.17, 15) is 9.18 Å². The van der Waals surface area contributed by atoms with Crippen LogP contribution in [0.4, 0.5) is 10.1 Å². The first-order valence-electron chi connectivity index (χ1n) is 6.18. The van der Waals surface area contributed by atoms with Crippen LogP contribution in [-0.4, -0.2) is 11.9 Å². The number of rotatable bonds is 3. The van der Waals surface area contributed by atoms with Gasteiger partial charge in [0.05, 0.1) is 5.69 Å². The molecule has 3 nitrogen and oxygen atoms in total. The molecule has 0 saturated heterocycles. The molecule has 2 rings (SSSR count). The molecule has 1 atom stereocenters. The lowest BCUT2D eigenvalue weighted by Gasteiger charge is -2.16. The molecule has 0 bridgehead atoms. The van der Waals surface area contributed by atoms with Crippen molar-refractivity contribution in [3.05, 3.63) is 28.9 Å². The van der Waals surface area contributed by atoms with Crippen molar-refractivity contribution in [3.8, 4) is 0 Å². The summed E-state index contributed by atoms with van der Waals surface area (Å²) in [6.07, 6.45) is 0. The molecule has 1 heterocycles. The van der Waals surface area contributed by atoms with Gasteiger partial charge < -0.3 is 11.1 Å². The lowest BCUT2D eigenvalue weighted by molar-refractivity contribution is 0.0935. The Morgan fingerprint density at radius 1 is 1.37 bits per heavy atom. The van der Waals surface area contributed by atoms with Crippen molar-refractivity contribution >= 4 is 33.0 Å². The third-order valence-electron chi connectivity index (χ3n) is 3.25. The molecule has 3 N–H and O–H groups in total. The van der Waals surface area contributed by atoms with Crippen LogP contribution in [0.3, 0.4) is 0 Å². The van der Waals surface area contributed by atoms with Crippen molar-refractivity contribution in [2.75, 3.05) is 5.73 Å². The SMILES string of the molecule is CC(C)C(C)NC(=O)c1sc2ccc(F)cc2c1N. The fourth-order valence-corrected chi connectivity index (χ4v) is 2.70. The van der Waals surface area contributed by atoms with Crippen LogP contribution in [-0.2, 0) is 0 Å². The number of nitrogens with two attached hydrogens (primary N) is 1. The smallest absolute Gasteiger partial charge is 0.263 e. The Bertz CT molecular complexity index is 621. The van der Waals surface area contributed by atoms with Crippen LogP contribution in [0.1, 0.15) is 30.4 Å². The van der Waals surface area contributed by atoms with Gasteiger partial charge in [-0.25, -0.2) is 4.39 Å². The number of carbonyl (C=O) groups excluding carboxylic acids is 1. The van der Waals surface area contributed by atoms with Crippen molar-refractivity contribution < 1.29 is 9.18 Å². The second-order valence-corrected chi connectivity index (χ2v) is 6.04. The molecule has 0 aliphatic rings. The predicted molar refractivity (Wildman–Crippen MR) is 78.0 cm³/mol. The summed E-state index contributed by atoms with van der Waals surface area (Å²) < 4.78 is 14.0. The molecule has 1 aromatic heterocycles. The molecular formula is C14H17FN2OS. The number of thiophene rings is 1. The van der Waals surface area contributed by atoms with E-state index in [2.05, 4.69) is 5.32 Å². The molecule has 1 unspecified atom stereocenters. The van der Waals surface area contributed by atoms with Gasteiger partial charge in [0.15, 0.2) is 0 Å². The predicted octanol–water partition coefficient (Wildman–Crippen LogP) is 3.40. The molecule has 2 aromatic rings. The summed E-state index contributed by atoms with van der Waals surface area (Å²) in [4.78, 5) is 12.6. The highest BCUT2D eigenvalue weighted by Gasteiger charge is 2.19. The maximum Gasteiger partial charge on any atom is 0.263 e. The first-order valence-corrected chi connectivity index (χ1v) is 7.00. The molecule has 1 amide bonds. The maximum atomic E-state index is 13.2. The number of amides is 1. The largest absolute Gasteiger partial charge is 0.397 e. The Morgan fingerprint density at radius 3 is 2.68 bits per heavy atom. The average molecular weight is 280 g/mol. The molecule has 0 spiro atoms. The summed E-state index contributed by atoms with van der Waals surface area (Å²) >= 11 is 1.29. The van der Waals surface area contributed by atoms with Crippen LogP contribution < -0.4 is 11.1 Å². The second kappa shape index (κ2) is 5.17.